The molecule has 1 aromatic carbocycles. The lowest BCUT2D eigenvalue weighted by Gasteiger charge is -2.17. The Morgan fingerprint density at radius 1 is 1.20 bits per heavy atom. The van der Waals surface area contributed by atoms with Crippen LogP contribution in [0.2, 0.25) is 0 Å². The molecule has 5 nitrogen and oxygen atoms in total. The Labute approximate surface area is 114 Å². The molecule has 0 radical (unpaired) electrons. The molecule has 1 N–H and O–H groups in total. The molecule has 1 aromatic rings. The maximum absolute atomic E-state index is 13.9. The highest BCUT2D eigenvalue weighted by molar-refractivity contribution is 5.88. The van der Waals surface area contributed by atoms with E-state index in [1.165, 1.54) is 0 Å². The molecule has 7 heteroatoms. The van der Waals surface area contributed by atoms with E-state index in [1.807, 2.05) is 0 Å². The van der Waals surface area contributed by atoms with Crippen molar-refractivity contribution in [3.05, 3.63) is 34.9 Å². The van der Waals surface area contributed by atoms with Crippen LogP contribution in [0.15, 0.2) is 12.1 Å². The second kappa shape index (κ2) is 6.95. The van der Waals surface area contributed by atoms with Gasteiger partial charge in [-0.25, -0.2) is 18.4 Å². The standard InChI is InChI=1S/C13H14F2O5/c1-3-19-11(13(18)20-4-2)10-8(14)5-7(12(16)17)6-9(10)15/h5-6,11H,3-4H2,1-2H3,(H,16,17). The largest absolute Gasteiger partial charge is 0.478 e. The Kier molecular flexibility index (Phi) is 5.57. The molecule has 0 aliphatic carbocycles. The fourth-order valence-corrected chi connectivity index (χ4v) is 1.61. The van der Waals surface area contributed by atoms with Gasteiger partial charge in [0, 0.05) is 6.61 Å². The second-order valence-electron chi connectivity index (χ2n) is 3.75. The molecule has 0 amide bonds. The highest BCUT2D eigenvalue weighted by Crippen LogP contribution is 2.26. The molecule has 0 fully saturated rings. The van der Waals surface area contributed by atoms with E-state index in [-0.39, 0.29) is 13.2 Å². The summed E-state index contributed by atoms with van der Waals surface area (Å²) in [4.78, 5) is 22.4. The average Bonchev–Trinajstić information content (AvgIpc) is 2.36. The van der Waals surface area contributed by atoms with Crippen LogP contribution in [0.25, 0.3) is 0 Å². The molecule has 0 saturated carbocycles. The van der Waals surface area contributed by atoms with Crippen molar-refractivity contribution in [2.45, 2.75) is 20.0 Å². The van der Waals surface area contributed by atoms with Gasteiger partial charge in [0.25, 0.3) is 0 Å². The Morgan fingerprint density at radius 3 is 2.15 bits per heavy atom. The molecular formula is C13H14F2O5. The predicted molar refractivity (Wildman–Crippen MR) is 64.3 cm³/mol. The molecule has 0 saturated heterocycles. The minimum absolute atomic E-state index is 0.0266. The Bertz CT molecular complexity index is 492. The summed E-state index contributed by atoms with van der Waals surface area (Å²) in [6, 6.07) is 1.26. The first-order valence-corrected chi connectivity index (χ1v) is 5.92. The lowest BCUT2D eigenvalue weighted by atomic mass is 10.0. The van der Waals surface area contributed by atoms with Crippen LogP contribution in [-0.2, 0) is 14.3 Å². The van der Waals surface area contributed by atoms with E-state index in [0.717, 1.165) is 0 Å². The van der Waals surface area contributed by atoms with Crippen LogP contribution in [0.4, 0.5) is 8.78 Å². The Morgan fingerprint density at radius 2 is 1.75 bits per heavy atom. The van der Waals surface area contributed by atoms with Crippen LogP contribution in [0, 0.1) is 11.6 Å². The molecule has 1 rings (SSSR count). The highest BCUT2D eigenvalue weighted by atomic mass is 19.1. The summed E-state index contributed by atoms with van der Waals surface area (Å²) in [6.07, 6.45) is -1.57. The van der Waals surface area contributed by atoms with Gasteiger partial charge >= 0.3 is 11.9 Å². The monoisotopic (exact) mass is 288 g/mol. The number of carboxylic acids is 1. The van der Waals surface area contributed by atoms with E-state index in [2.05, 4.69) is 4.74 Å². The van der Waals surface area contributed by atoms with Gasteiger partial charge in [-0.2, -0.15) is 0 Å². The third-order valence-electron chi connectivity index (χ3n) is 2.42. The van der Waals surface area contributed by atoms with Gasteiger partial charge in [-0.1, -0.05) is 0 Å². The minimum atomic E-state index is -1.57. The van der Waals surface area contributed by atoms with Gasteiger partial charge < -0.3 is 14.6 Å². The van der Waals surface area contributed by atoms with E-state index < -0.39 is 40.8 Å². The molecule has 20 heavy (non-hydrogen) atoms. The van der Waals surface area contributed by atoms with Crippen molar-refractivity contribution in [3.8, 4) is 0 Å². The van der Waals surface area contributed by atoms with E-state index >= 15 is 0 Å². The number of carbonyl (C=O) groups excluding carboxylic acids is 1. The van der Waals surface area contributed by atoms with Crippen molar-refractivity contribution < 1.29 is 33.0 Å². The van der Waals surface area contributed by atoms with Gasteiger partial charge in [-0.3, -0.25) is 0 Å². The topological polar surface area (TPSA) is 72.8 Å². The SMILES string of the molecule is CCOC(=O)C(OCC)c1c(F)cc(C(=O)O)cc1F. The number of halogens is 2. The zero-order valence-corrected chi connectivity index (χ0v) is 11.0. The van der Waals surface area contributed by atoms with Crippen molar-refractivity contribution >= 4 is 11.9 Å². The maximum atomic E-state index is 13.9. The number of aromatic carboxylic acids is 1. The first-order chi connectivity index (χ1) is 9.42. The molecule has 1 unspecified atom stereocenters. The van der Waals surface area contributed by atoms with Crippen molar-refractivity contribution in [2.75, 3.05) is 13.2 Å². The zero-order chi connectivity index (χ0) is 15.3. The second-order valence-corrected chi connectivity index (χ2v) is 3.75. The van der Waals surface area contributed by atoms with Gasteiger partial charge in [-0.15, -0.1) is 0 Å². The fraction of sp³-hybridized carbons (Fsp3) is 0.385. The summed E-state index contributed by atoms with van der Waals surface area (Å²) < 4.78 is 37.4. The number of benzene rings is 1. The zero-order valence-electron chi connectivity index (χ0n) is 11.0. The molecular weight excluding hydrogens is 274 g/mol. The van der Waals surface area contributed by atoms with Crippen molar-refractivity contribution in [2.24, 2.45) is 0 Å². The number of esters is 1. The minimum Gasteiger partial charge on any atom is -0.478 e. The van der Waals surface area contributed by atoms with E-state index in [4.69, 9.17) is 9.84 Å². The molecule has 110 valence electrons. The quantitative estimate of drug-likeness (QED) is 0.813. The molecule has 0 aromatic heterocycles. The number of carboxylic acid groups (broad SMARTS) is 1. The lowest BCUT2D eigenvalue weighted by Crippen LogP contribution is -2.22. The molecule has 0 heterocycles. The molecule has 1 atom stereocenters. The lowest BCUT2D eigenvalue weighted by molar-refractivity contribution is -0.157. The summed E-state index contributed by atoms with van der Waals surface area (Å²) >= 11 is 0. The van der Waals surface area contributed by atoms with Gasteiger partial charge in [0.15, 0.2) is 6.10 Å². The van der Waals surface area contributed by atoms with Crippen molar-refractivity contribution in [1.82, 2.24) is 0 Å². The van der Waals surface area contributed by atoms with Crippen LogP contribution in [-0.4, -0.2) is 30.3 Å². The molecule has 0 aliphatic heterocycles. The summed E-state index contributed by atoms with van der Waals surface area (Å²) in [5.74, 6) is -4.75. The van der Waals surface area contributed by atoms with Crippen LogP contribution < -0.4 is 0 Å². The van der Waals surface area contributed by atoms with Crippen LogP contribution in [0.5, 0.6) is 0 Å². The Hall–Kier alpha value is -2.02. The molecule has 0 bridgehead atoms. The number of rotatable bonds is 6. The summed E-state index contributed by atoms with van der Waals surface area (Å²) in [5.41, 5.74) is -1.21. The first-order valence-electron chi connectivity index (χ1n) is 5.92. The summed E-state index contributed by atoms with van der Waals surface area (Å²) in [5, 5.41) is 8.70. The number of ether oxygens (including phenoxy) is 2. The van der Waals surface area contributed by atoms with Crippen molar-refractivity contribution in [1.29, 1.82) is 0 Å². The average molecular weight is 288 g/mol. The third-order valence-corrected chi connectivity index (χ3v) is 2.42. The van der Waals surface area contributed by atoms with E-state index in [0.29, 0.717) is 12.1 Å². The van der Waals surface area contributed by atoms with Crippen LogP contribution in [0.3, 0.4) is 0 Å². The molecule has 0 aliphatic rings. The van der Waals surface area contributed by atoms with Gasteiger partial charge in [0.05, 0.1) is 17.7 Å². The third kappa shape index (κ3) is 3.51. The highest BCUT2D eigenvalue weighted by Gasteiger charge is 2.30. The van der Waals surface area contributed by atoms with Gasteiger partial charge in [0.1, 0.15) is 11.6 Å². The number of carbonyl (C=O) groups is 2. The number of hydrogen-bond donors (Lipinski definition) is 1. The predicted octanol–water partition coefficient (Wildman–Crippen LogP) is 2.30. The molecule has 0 spiro atoms. The van der Waals surface area contributed by atoms with Crippen molar-refractivity contribution in [3.63, 3.8) is 0 Å². The normalized spacial score (nSPS) is 12.0. The fourth-order valence-electron chi connectivity index (χ4n) is 1.61. The Balaban J connectivity index is 3.26. The maximum Gasteiger partial charge on any atom is 0.340 e. The van der Waals surface area contributed by atoms with Gasteiger partial charge in [-0.05, 0) is 26.0 Å². The number of hydrogen-bond acceptors (Lipinski definition) is 4. The van der Waals surface area contributed by atoms with Gasteiger partial charge in [0.2, 0.25) is 0 Å². The summed E-state index contributed by atoms with van der Waals surface area (Å²) in [7, 11) is 0. The first kappa shape index (κ1) is 16.0. The smallest absolute Gasteiger partial charge is 0.340 e. The van der Waals surface area contributed by atoms with E-state index in [1.54, 1.807) is 13.8 Å². The van der Waals surface area contributed by atoms with Crippen LogP contribution >= 0.6 is 0 Å². The summed E-state index contributed by atoms with van der Waals surface area (Å²) in [6.45, 7) is 3.15. The van der Waals surface area contributed by atoms with Crippen LogP contribution in [0.1, 0.15) is 35.9 Å². The van der Waals surface area contributed by atoms with E-state index in [9.17, 15) is 18.4 Å².